The Hall–Kier alpha value is -0.750. The lowest BCUT2D eigenvalue weighted by Gasteiger charge is -2.28. The van der Waals surface area contributed by atoms with Crippen LogP contribution in [0.1, 0.15) is 25.8 Å². The third kappa shape index (κ3) is 2.49. The number of aromatic nitrogens is 2. The molecule has 1 aromatic rings. The number of nitrogens with one attached hydrogen (secondary N) is 1. The molecule has 1 saturated heterocycles. The fourth-order valence-electron chi connectivity index (χ4n) is 1.64. The largest absolute Gasteiger partial charge is 0.406 e. The number of hydrogen-bond donors (Lipinski definition) is 1. The van der Waals surface area contributed by atoms with Gasteiger partial charge in [0.25, 0.3) is 0 Å². The van der Waals surface area contributed by atoms with Crippen LogP contribution in [0.5, 0.6) is 0 Å². The summed E-state index contributed by atoms with van der Waals surface area (Å²) in [7, 11) is 1.88. The van der Waals surface area contributed by atoms with Gasteiger partial charge in [-0.05, 0) is 14.0 Å². The lowest BCUT2D eigenvalue weighted by atomic mass is 10.3. The second-order valence-corrected chi connectivity index (χ2v) is 5.61. The van der Waals surface area contributed by atoms with Crippen LogP contribution in [-0.4, -0.2) is 41.3 Å². The zero-order valence-corrected chi connectivity index (χ0v) is 10.8. The fourth-order valence-corrected chi connectivity index (χ4v) is 2.66. The molecule has 2 atom stereocenters. The molecule has 1 aliphatic heterocycles. The van der Waals surface area contributed by atoms with Crippen LogP contribution in [0.25, 0.3) is 0 Å². The molecule has 1 fully saturated rings. The highest BCUT2D eigenvalue weighted by atomic mass is 32.2. The van der Waals surface area contributed by atoms with Crippen molar-refractivity contribution in [2.75, 3.05) is 30.8 Å². The zero-order chi connectivity index (χ0) is 11.5. The van der Waals surface area contributed by atoms with Crippen LogP contribution < -0.4 is 10.2 Å². The Kier molecular flexibility index (Phi) is 3.70. The topological polar surface area (TPSA) is 54.2 Å². The van der Waals surface area contributed by atoms with Gasteiger partial charge in [0.2, 0.25) is 5.89 Å². The second kappa shape index (κ2) is 5.05. The first-order valence-electron chi connectivity index (χ1n) is 5.58. The maximum absolute atomic E-state index is 5.66. The molecule has 5 nitrogen and oxygen atoms in total. The van der Waals surface area contributed by atoms with E-state index in [9.17, 15) is 0 Å². The van der Waals surface area contributed by atoms with Gasteiger partial charge in [-0.15, -0.1) is 5.10 Å². The average molecular weight is 242 g/mol. The second-order valence-electron chi connectivity index (χ2n) is 4.06. The number of rotatable bonds is 3. The van der Waals surface area contributed by atoms with Crippen LogP contribution in [0, 0.1) is 0 Å². The van der Waals surface area contributed by atoms with Crippen molar-refractivity contribution >= 4 is 17.8 Å². The number of hydrogen-bond acceptors (Lipinski definition) is 6. The van der Waals surface area contributed by atoms with Gasteiger partial charge >= 0.3 is 6.01 Å². The highest BCUT2D eigenvalue weighted by Crippen LogP contribution is 2.23. The lowest BCUT2D eigenvalue weighted by molar-refractivity contribution is 0.429. The normalized spacial score (nSPS) is 23.4. The molecule has 0 aliphatic carbocycles. The van der Waals surface area contributed by atoms with Crippen LogP contribution in [0.3, 0.4) is 0 Å². The molecule has 2 rings (SSSR count). The molecule has 1 N–H and O–H groups in total. The first-order valence-corrected chi connectivity index (χ1v) is 6.62. The van der Waals surface area contributed by atoms with E-state index in [1.165, 1.54) is 0 Å². The van der Waals surface area contributed by atoms with Gasteiger partial charge in [-0.25, -0.2) is 0 Å². The summed E-state index contributed by atoms with van der Waals surface area (Å²) in [6.45, 7) is 6.21. The predicted molar refractivity (Wildman–Crippen MR) is 65.9 cm³/mol. The minimum absolute atomic E-state index is 0.109. The first-order chi connectivity index (χ1) is 7.70. The van der Waals surface area contributed by atoms with Crippen LogP contribution in [0.2, 0.25) is 0 Å². The van der Waals surface area contributed by atoms with Gasteiger partial charge in [-0.2, -0.15) is 11.8 Å². The Morgan fingerprint density at radius 1 is 1.56 bits per heavy atom. The summed E-state index contributed by atoms with van der Waals surface area (Å²) in [4.78, 5) is 2.17. The van der Waals surface area contributed by atoms with E-state index in [1.807, 2.05) is 25.7 Å². The highest BCUT2D eigenvalue weighted by molar-refractivity contribution is 8.00. The number of anilines is 1. The summed E-state index contributed by atoms with van der Waals surface area (Å²) in [5, 5.41) is 11.9. The van der Waals surface area contributed by atoms with E-state index in [-0.39, 0.29) is 6.04 Å². The SMILES string of the molecule is CNC(C)c1nnc(N2CCSC(C)C2)o1. The van der Waals surface area contributed by atoms with Crippen molar-refractivity contribution in [3.8, 4) is 0 Å². The molecule has 90 valence electrons. The van der Waals surface area contributed by atoms with Crippen molar-refractivity contribution < 1.29 is 4.42 Å². The van der Waals surface area contributed by atoms with Gasteiger partial charge in [0.1, 0.15) is 0 Å². The number of thioether (sulfide) groups is 1. The Labute approximate surface area is 100.0 Å². The van der Waals surface area contributed by atoms with E-state index in [2.05, 4.69) is 27.3 Å². The van der Waals surface area contributed by atoms with Gasteiger partial charge in [-0.3, -0.25) is 0 Å². The van der Waals surface area contributed by atoms with Crippen LogP contribution in [0.4, 0.5) is 6.01 Å². The zero-order valence-electron chi connectivity index (χ0n) is 9.93. The van der Waals surface area contributed by atoms with E-state index < -0.39 is 0 Å². The van der Waals surface area contributed by atoms with E-state index in [4.69, 9.17) is 4.42 Å². The molecule has 0 bridgehead atoms. The van der Waals surface area contributed by atoms with Crippen LogP contribution in [-0.2, 0) is 0 Å². The quantitative estimate of drug-likeness (QED) is 0.862. The summed E-state index contributed by atoms with van der Waals surface area (Å²) in [5.41, 5.74) is 0. The Balaban J connectivity index is 2.06. The Morgan fingerprint density at radius 2 is 2.38 bits per heavy atom. The van der Waals surface area contributed by atoms with Gasteiger partial charge in [-0.1, -0.05) is 12.0 Å². The first kappa shape index (κ1) is 11.7. The van der Waals surface area contributed by atoms with E-state index >= 15 is 0 Å². The molecule has 0 spiro atoms. The van der Waals surface area contributed by atoms with Crippen molar-refractivity contribution in [3.63, 3.8) is 0 Å². The minimum atomic E-state index is 0.109. The van der Waals surface area contributed by atoms with Crippen molar-refractivity contribution in [2.24, 2.45) is 0 Å². The van der Waals surface area contributed by atoms with Crippen LogP contribution in [0.15, 0.2) is 4.42 Å². The lowest BCUT2D eigenvalue weighted by Crippen LogP contribution is -2.36. The molecule has 6 heteroatoms. The van der Waals surface area contributed by atoms with Crippen LogP contribution >= 0.6 is 11.8 Å². The molecule has 0 radical (unpaired) electrons. The maximum atomic E-state index is 5.66. The van der Waals surface area contributed by atoms with Crippen molar-refractivity contribution in [3.05, 3.63) is 5.89 Å². The summed E-state index contributed by atoms with van der Waals surface area (Å²) >= 11 is 1.99. The molecule has 1 aromatic heterocycles. The maximum Gasteiger partial charge on any atom is 0.318 e. The molecule has 2 unspecified atom stereocenters. The minimum Gasteiger partial charge on any atom is -0.406 e. The van der Waals surface area contributed by atoms with E-state index in [1.54, 1.807) is 0 Å². The Bertz CT molecular complexity index is 343. The van der Waals surface area contributed by atoms with Crippen molar-refractivity contribution in [2.45, 2.75) is 25.1 Å². The molecular formula is C10H18N4OS. The molecule has 2 heterocycles. The molecular weight excluding hydrogens is 224 g/mol. The monoisotopic (exact) mass is 242 g/mol. The standard InChI is InChI=1S/C10H18N4OS/c1-7-6-14(4-5-16-7)10-13-12-9(15-10)8(2)11-3/h7-8,11H,4-6H2,1-3H3. The molecule has 16 heavy (non-hydrogen) atoms. The Morgan fingerprint density at radius 3 is 3.06 bits per heavy atom. The summed E-state index contributed by atoms with van der Waals surface area (Å²) in [5.74, 6) is 1.78. The van der Waals surface area contributed by atoms with Crippen molar-refractivity contribution in [1.82, 2.24) is 15.5 Å². The van der Waals surface area contributed by atoms with Gasteiger partial charge in [0.05, 0.1) is 6.04 Å². The third-order valence-corrected chi connectivity index (χ3v) is 3.88. The number of nitrogens with zero attached hydrogens (tertiary/aromatic N) is 3. The van der Waals surface area contributed by atoms with E-state index in [0.29, 0.717) is 17.2 Å². The average Bonchev–Trinajstić information content (AvgIpc) is 2.77. The molecule has 1 aliphatic rings. The van der Waals surface area contributed by atoms with Gasteiger partial charge in [0.15, 0.2) is 0 Å². The van der Waals surface area contributed by atoms with Gasteiger partial charge in [0, 0.05) is 24.1 Å². The third-order valence-electron chi connectivity index (χ3n) is 2.74. The molecule has 0 aromatic carbocycles. The van der Waals surface area contributed by atoms with Crippen molar-refractivity contribution in [1.29, 1.82) is 0 Å². The summed E-state index contributed by atoms with van der Waals surface area (Å²) in [6, 6.07) is 0.766. The summed E-state index contributed by atoms with van der Waals surface area (Å²) in [6.07, 6.45) is 0. The van der Waals surface area contributed by atoms with E-state index in [0.717, 1.165) is 18.8 Å². The highest BCUT2D eigenvalue weighted by Gasteiger charge is 2.22. The summed E-state index contributed by atoms with van der Waals surface area (Å²) < 4.78 is 5.66. The molecule has 0 amide bonds. The fraction of sp³-hybridized carbons (Fsp3) is 0.800. The molecule has 0 saturated carbocycles. The van der Waals surface area contributed by atoms with Gasteiger partial charge < -0.3 is 14.6 Å². The predicted octanol–water partition coefficient (Wildman–Crippen LogP) is 1.29. The smallest absolute Gasteiger partial charge is 0.318 e.